The van der Waals surface area contributed by atoms with E-state index >= 15 is 0 Å². The molecule has 0 aromatic carbocycles. The molecule has 0 spiro atoms. The average Bonchev–Trinajstić information content (AvgIpc) is 3.01. The van der Waals surface area contributed by atoms with E-state index in [1.54, 1.807) is 0 Å². The van der Waals surface area contributed by atoms with Crippen molar-refractivity contribution in [3.05, 3.63) is 0 Å². The number of unbranched alkanes of at least 4 members (excludes halogenated alkanes) is 9. The number of ether oxygens (including phenoxy) is 2. The number of hydrogen-bond acceptors (Lipinski definition) is 3. The SMILES string of the molecule is CCCCCCCCCCCCC(CC1OCCO1)NC. The molecule has 0 bridgehead atoms. The molecule has 126 valence electrons. The Morgan fingerprint density at radius 1 is 0.857 bits per heavy atom. The molecule has 0 saturated carbocycles. The quantitative estimate of drug-likeness (QED) is 0.474. The molecule has 3 nitrogen and oxygen atoms in total. The van der Waals surface area contributed by atoms with Gasteiger partial charge in [0, 0.05) is 12.5 Å². The lowest BCUT2D eigenvalue weighted by molar-refractivity contribution is -0.0528. The molecule has 0 aliphatic carbocycles. The van der Waals surface area contributed by atoms with Crippen LogP contribution in [0.5, 0.6) is 0 Å². The second-order valence-corrected chi connectivity index (χ2v) is 6.36. The Labute approximate surface area is 132 Å². The molecule has 0 amide bonds. The molecule has 3 heteroatoms. The monoisotopic (exact) mass is 299 g/mol. The Hall–Kier alpha value is -0.120. The molecular formula is C18H37NO2. The third-order valence-electron chi connectivity index (χ3n) is 4.48. The van der Waals surface area contributed by atoms with Crippen molar-refractivity contribution in [2.75, 3.05) is 20.3 Å². The van der Waals surface area contributed by atoms with Crippen molar-refractivity contribution in [2.45, 2.75) is 96.3 Å². The summed E-state index contributed by atoms with van der Waals surface area (Å²) in [6.45, 7) is 3.81. The van der Waals surface area contributed by atoms with Crippen molar-refractivity contribution in [1.29, 1.82) is 0 Å². The predicted molar refractivity (Wildman–Crippen MR) is 89.6 cm³/mol. The van der Waals surface area contributed by atoms with Gasteiger partial charge in [0.05, 0.1) is 13.2 Å². The Bertz CT molecular complexity index is 217. The smallest absolute Gasteiger partial charge is 0.159 e. The van der Waals surface area contributed by atoms with Crippen molar-refractivity contribution in [3.8, 4) is 0 Å². The lowest BCUT2D eigenvalue weighted by Crippen LogP contribution is -2.30. The molecule has 1 aliphatic rings. The summed E-state index contributed by atoms with van der Waals surface area (Å²) in [5.41, 5.74) is 0. The zero-order chi connectivity index (χ0) is 15.2. The Balaban J connectivity index is 1.85. The first kappa shape index (κ1) is 18.9. The van der Waals surface area contributed by atoms with Gasteiger partial charge in [0.1, 0.15) is 0 Å². The molecule has 21 heavy (non-hydrogen) atoms. The first-order valence-electron chi connectivity index (χ1n) is 9.27. The van der Waals surface area contributed by atoms with E-state index in [4.69, 9.17) is 9.47 Å². The van der Waals surface area contributed by atoms with E-state index in [0.29, 0.717) is 6.04 Å². The molecule has 1 unspecified atom stereocenters. The van der Waals surface area contributed by atoms with E-state index in [1.807, 2.05) is 0 Å². The second kappa shape index (κ2) is 13.5. The van der Waals surface area contributed by atoms with E-state index in [-0.39, 0.29) is 6.29 Å². The van der Waals surface area contributed by atoms with Crippen LogP contribution in [0.2, 0.25) is 0 Å². The van der Waals surface area contributed by atoms with E-state index in [1.165, 1.54) is 70.6 Å². The molecule has 1 fully saturated rings. The predicted octanol–water partition coefficient (Wildman–Crippen LogP) is 4.65. The van der Waals surface area contributed by atoms with Crippen LogP contribution in [0, 0.1) is 0 Å². The minimum Gasteiger partial charge on any atom is -0.350 e. The highest BCUT2D eigenvalue weighted by atomic mass is 16.7. The zero-order valence-corrected chi connectivity index (χ0v) is 14.4. The summed E-state index contributed by atoms with van der Waals surface area (Å²) >= 11 is 0. The zero-order valence-electron chi connectivity index (χ0n) is 14.4. The van der Waals surface area contributed by atoms with Crippen LogP contribution in [0.1, 0.15) is 84.0 Å². The van der Waals surface area contributed by atoms with E-state index in [9.17, 15) is 0 Å². The van der Waals surface area contributed by atoms with Gasteiger partial charge < -0.3 is 14.8 Å². The van der Waals surface area contributed by atoms with Crippen molar-refractivity contribution in [1.82, 2.24) is 5.32 Å². The molecule has 0 aromatic heterocycles. The molecule has 0 radical (unpaired) electrons. The van der Waals surface area contributed by atoms with Crippen LogP contribution < -0.4 is 5.32 Å². The van der Waals surface area contributed by atoms with Gasteiger partial charge in [0.15, 0.2) is 6.29 Å². The summed E-state index contributed by atoms with van der Waals surface area (Å²) < 4.78 is 11.0. The lowest BCUT2D eigenvalue weighted by atomic mass is 10.0. The first-order valence-corrected chi connectivity index (χ1v) is 9.27. The normalized spacial score (nSPS) is 17.4. The van der Waals surface area contributed by atoms with Crippen molar-refractivity contribution in [2.24, 2.45) is 0 Å². The van der Waals surface area contributed by atoms with Crippen LogP contribution in [0.4, 0.5) is 0 Å². The van der Waals surface area contributed by atoms with Crippen LogP contribution in [-0.4, -0.2) is 32.6 Å². The van der Waals surface area contributed by atoms with Gasteiger partial charge in [-0.15, -0.1) is 0 Å². The van der Waals surface area contributed by atoms with E-state index < -0.39 is 0 Å². The summed E-state index contributed by atoms with van der Waals surface area (Å²) in [6.07, 6.45) is 16.3. The lowest BCUT2D eigenvalue weighted by Gasteiger charge is -2.19. The van der Waals surface area contributed by atoms with Crippen molar-refractivity contribution in [3.63, 3.8) is 0 Å². The van der Waals surface area contributed by atoms with E-state index in [0.717, 1.165) is 19.6 Å². The van der Waals surface area contributed by atoms with Gasteiger partial charge in [-0.2, -0.15) is 0 Å². The van der Waals surface area contributed by atoms with Crippen LogP contribution in [0.15, 0.2) is 0 Å². The largest absolute Gasteiger partial charge is 0.350 e. The third-order valence-corrected chi connectivity index (χ3v) is 4.48. The van der Waals surface area contributed by atoms with Gasteiger partial charge in [-0.1, -0.05) is 71.1 Å². The van der Waals surface area contributed by atoms with Crippen molar-refractivity contribution >= 4 is 0 Å². The van der Waals surface area contributed by atoms with Crippen LogP contribution >= 0.6 is 0 Å². The minimum atomic E-state index is 0.0329. The van der Waals surface area contributed by atoms with Crippen molar-refractivity contribution < 1.29 is 9.47 Å². The van der Waals surface area contributed by atoms with Gasteiger partial charge in [-0.3, -0.25) is 0 Å². The van der Waals surface area contributed by atoms with E-state index in [2.05, 4.69) is 19.3 Å². The molecule has 1 saturated heterocycles. The van der Waals surface area contributed by atoms with Gasteiger partial charge in [0.25, 0.3) is 0 Å². The third kappa shape index (κ3) is 10.3. The van der Waals surface area contributed by atoms with Gasteiger partial charge in [-0.25, -0.2) is 0 Å². The summed E-state index contributed by atoms with van der Waals surface area (Å²) in [6, 6.07) is 0.544. The molecule has 0 aromatic rings. The summed E-state index contributed by atoms with van der Waals surface area (Å²) in [4.78, 5) is 0. The maximum Gasteiger partial charge on any atom is 0.159 e. The fourth-order valence-electron chi connectivity index (χ4n) is 3.03. The highest BCUT2D eigenvalue weighted by molar-refractivity contribution is 4.68. The molecule has 1 N–H and O–H groups in total. The number of rotatable bonds is 14. The second-order valence-electron chi connectivity index (χ2n) is 6.36. The fraction of sp³-hybridized carbons (Fsp3) is 1.00. The summed E-state index contributed by atoms with van der Waals surface area (Å²) in [7, 11) is 2.05. The highest BCUT2D eigenvalue weighted by Gasteiger charge is 2.20. The fourth-order valence-corrected chi connectivity index (χ4v) is 3.03. The molecular weight excluding hydrogens is 262 g/mol. The number of hydrogen-bond donors (Lipinski definition) is 1. The maximum absolute atomic E-state index is 5.52. The standard InChI is InChI=1S/C18H37NO2/c1-3-4-5-6-7-8-9-10-11-12-13-17(19-2)16-18-20-14-15-21-18/h17-19H,3-16H2,1-2H3. The Morgan fingerprint density at radius 2 is 1.38 bits per heavy atom. The minimum absolute atomic E-state index is 0.0329. The molecule has 1 aliphatic heterocycles. The van der Waals surface area contributed by atoms with Gasteiger partial charge in [-0.05, 0) is 13.5 Å². The highest BCUT2D eigenvalue weighted by Crippen LogP contribution is 2.16. The Morgan fingerprint density at radius 3 is 1.90 bits per heavy atom. The first-order chi connectivity index (χ1) is 10.4. The topological polar surface area (TPSA) is 30.5 Å². The molecule has 1 heterocycles. The van der Waals surface area contributed by atoms with Crippen LogP contribution in [-0.2, 0) is 9.47 Å². The van der Waals surface area contributed by atoms with Crippen LogP contribution in [0.3, 0.4) is 0 Å². The van der Waals surface area contributed by atoms with Crippen LogP contribution in [0.25, 0.3) is 0 Å². The maximum atomic E-state index is 5.52. The molecule has 1 rings (SSSR count). The Kier molecular flexibility index (Phi) is 12.2. The van der Waals surface area contributed by atoms with Gasteiger partial charge >= 0.3 is 0 Å². The summed E-state index contributed by atoms with van der Waals surface area (Å²) in [5.74, 6) is 0. The molecule has 1 atom stereocenters. The summed E-state index contributed by atoms with van der Waals surface area (Å²) in [5, 5.41) is 3.40. The number of nitrogens with one attached hydrogen (secondary N) is 1. The average molecular weight is 299 g/mol. The van der Waals surface area contributed by atoms with Gasteiger partial charge in [0.2, 0.25) is 0 Å².